The van der Waals surface area contributed by atoms with Gasteiger partial charge >= 0.3 is 5.97 Å². The highest BCUT2D eigenvalue weighted by molar-refractivity contribution is 5.85. The molecule has 5 heteroatoms. The summed E-state index contributed by atoms with van der Waals surface area (Å²) in [7, 11) is 0. The molecule has 2 atom stereocenters. The average molecular weight is 269 g/mol. The Bertz CT molecular complexity index is 362. The van der Waals surface area contributed by atoms with Crippen molar-refractivity contribution in [2.45, 2.75) is 39.2 Å². The number of hydrogen-bond donors (Lipinski definition) is 2. The third-order valence-corrected chi connectivity index (χ3v) is 3.31. The van der Waals surface area contributed by atoms with Gasteiger partial charge in [0, 0.05) is 13.2 Å². The summed E-state index contributed by atoms with van der Waals surface area (Å²) in [5, 5.41) is 11.9. The van der Waals surface area contributed by atoms with Crippen LogP contribution in [0.25, 0.3) is 0 Å². The number of rotatable bonds is 6. The lowest BCUT2D eigenvalue weighted by Crippen LogP contribution is -2.45. The second kappa shape index (κ2) is 6.70. The first-order chi connectivity index (χ1) is 8.87. The van der Waals surface area contributed by atoms with Gasteiger partial charge in [0.05, 0.1) is 17.4 Å². The Balaban J connectivity index is 2.57. The number of nitrogens with one attached hydrogen (secondary N) is 1. The summed E-state index contributed by atoms with van der Waals surface area (Å²) in [6.07, 6.45) is 4.60. The van der Waals surface area contributed by atoms with Crippen LogP contribution in [0.4, 0.5) is 0 Å². The van der Waals surface area contributed by atoms with Gasteiger partial charge in [0.1, 0.15) is 0 Å². The number of allylic oxidation sites excluding steroid dienone is 2. The van der Waals surface area contributed by atoms with Crippen LogP contribution in [0.5, 0.6) is 0 Å². The number of amides is 1. The van der Waals surface area contributed by atoms with Gasteiger partial charge in [-0.3, -0.25) is 9.59 Å². The van der Waals surface area contributed by atoms with Gasteiger partial charge in [-0.15, -0.1) is 0 Å². The third-order valence-electron chi connectivity index (χ3n) is 3.31. The minimum absolute atomic E-state index is 0.204. The van der Waals surface area contributed by atoms with Crippen LogP contribution in [0.2, 0.25) is 0 Å². The maximum Gasteiger partial charge on any atom is 0.307 e. The summed E-state index contributed by atoms with van der Waals surface area (Å²) in [5.74, 6) is -2.22. The highest BCUT2D eigenvalue weighted by Gasteiger charge is 2.34. The lowest BCUT2D eigenvalue weighted by atomic mass is 9.82. The molecule has 1 rings (SSSR count). The van der Waals surface area contributed by atoms with Crippen LogP contribution >= 0.6 is 0 Å². The van der Waals surface area contributed by atoms with E-state index in [1.54, 1.807) is 0 Å². The molecule has 0 aromatic heterocycles. The van der Waals surface area contributed by atoms with E-state index < -0.39 is 23.4 Å². The SMILES string of the molecule is CCOC(C)(C)CNC(=O)C1CC=CCC1C(=O)O. The highest BCUT2D eigenvalue weighted by atomic mass is 16.5. The highest BCUT2D eigenvalue weighted by Crippen LogP contribution is 2.26. The Morgan fingerprint density at radius 1 is 1.32 bits per heavy atom. The smallest absolute Gasteiger partial charge is 0.307 e. The molecule has 0 aromatic carbocycles. The van der Waals surface area contributed by atoms with Gasteiger partial charge < -0.3 is 15.2 Å². The first-order valence-corrected chi connectivity index (χ1v) is 6.67. The van der Waals surface area contributed by atoms with E-state index in [0.29, 0.717) is 26.0 Å². The Morgan fingerprint density at radius 3 is 2.42 bits per heavy atom. The zero-order valence-electron chi connectivity index (χ0n) is 11.8. The van der Waals surface area contributed by atoms with Crippen molar-refractivity contribution in [3.05, 3.63) is 12.2 Å². The van der Waals surface area contributed by atoms with Crippen molar-refractivity contribution in [3.8, 4) is 0 Å². The van der Waals surface area contributed by atoms with E-state index in [2.05, 4.69) is 5.32 Å². The Hall–Kier alpha value is -1.36. The van der Waals surface area contributed by atoms with Gasteiger partial charge in [0.25, 0.3) is 0 Å². The van der Waals surface area contributed by atoms with Gasteiger partial charge in [-0.2, -0.15) is 0 Å². The number of aliphatic carboxylic acids is 1. The quantitative estimate of drug-likeness (QED) is 0.718. The third kappa shape index (κ3) is 4.67. The van der Waals surface area contributed by atoms with Gasteiger partial charge in [-0.05, 0) is 33.6 Å². The molecule has 0 fully saturated rings. The zero-order chi connectivity index (χ0) is 14.5. The molecule has 0 radical (unpaired) electrons. The van der Waals surface area contributed by atoms with Crippen LogP contribution in [0.3, 0.4) is 0 Å². The molecule has 5 nitrogen and oxygen atoms in total. The van der Waals surface area contributed by atoms with E-state index in [0.717, 1.165) is 0 Å². The van der Waals surface area contributed by atoms with Crippen LogP contribution in [-0.2, 0) is 14.3 Å². The molecule has 2 N–H and O–H groups in total. The number of carbonyl (C=O) groups is 2. The Labute approximate surface area is 114 Å². The molecular formula is C14H23NO4. The average Bonchev–Trinajstić information content (AvgIpc) is 2.36. The Morgan fingerprint density at radius 2 is 1.89 bits per heavy atom. The first kappa shape index (κ1) is 15.7. The van der Waals surface area contributed by atoms with E-state index in [9.17, 15) is 9.59 Å². The maximum absolute atomic E-state index is 12.1. The van der Waals surface area contributed by atoms with E-state index >= 15 is 0 Å². The summed E-state index contributed by atoms with van der Waals surface area (Å²) in [6.45, 7) is 6.65. The van der Waals surface area contributed by atoms with Crippen molar-refractivity contribution in [1.82, 2.24) is 5.32 Å². The van der Waals surface area contributed by atoms with Crippen LogP contribution in [0, 0.1) is 11.8 Å². The molecule has 0 saturated heterocycles. The van der Waals surface area contributed by atoms with Crippen LogP contribution in [0.1, 0.15) is 33.6 Å². The monoisotopic (exact) mass is 269 g/mol. The molecule has 0 saturated carbocycles. The fourth-order valence-electron chi connectivity index (χ4n) is 2.25. The van der Waals surface area contributed by atoms with Crippen molar-refractivity contribution >= 4 is 11.9 Å². The zero-order valence-corrected chi connectivity index (χ0v) is 11.8. The number of carbonyl (C=O) groups excluding carboxylic acids is 1. The van der Waals surface area contributed by atoms with Crippen molar-refractivity contribution in [2.75, 3.05) is 13.2 Å². The molecule has 0 heterocycles. The summed E-state index contributed by atoms with van der Waals surface area (Å²) >= 11 is 0. The van der Waals surface area contributed by atoms with Crippen LogP contribution < -0.4 is 5.32 Å². The van der Waals surface area contributed by atoms with Crippen molar-refractivity contribution in [1.29, 1.82) is 0 Å². The maximum atomic E-state index is 12.1. The summed E-state index contributed by atoms with van der Waals surface area (Å²) in [4.78, 5) is 23.2. The molecule has 1 aliphatic rings. The molecule has 1 aliphatic carbocycles. The van der Waals surface area contributed by atoms with Crippen molar-refractivity contribution in [3.63, 3.8) is 0 Å². The second-order valence-electron chi connectivity index (χ2n) is 5.40. The van der Waals surface area contributed by atoms with E-state index in [4.69, 9.17) is 9.84 Å². The van der Waals surface area contributed by atoms with Crippen LogP contribution in [0.15, 0.2) is 12.2 Å². The minimum Gasteiger partial charge on any atom is -0.481 e. The molecule has 19 heavy (non-hydrogen) atoms. The van der Waals surface area contributed by atoms with Gasteiger partial charge in [0.15, 0.2) is 0 Å². The summed E-state index contributed by atoms with van der Waals surface area (Å²) in [6, 6.07) is 0. The molecule has 0 spiro atoms. The molecule has 0 bridgehead atoms. The van der Waals surface area contributed by atoms with Gasteiger partial charge in [-0.25, -0.2) is 0 Å². The molecule has 108 valence electrons. The fourth-order valence-corrected chi connectivity index (χ4v) is 2.25. The predicted octanol–water partition coefficient (Wildman–Crippen LogP) is 1.58. The van der Waals surface area contributed by atoms with Gasteiger partial charge in [-0.1, -0.05) is 12.2 Å². The van der Waals surface area contributed by atoms with Crippen molar-refractivity contribution < 1.29 is 19.4 Å². The van der Waals surface area contributed by atoms with Gasteiger partial charge in [0.2, 0.25) is 5.91 Å². The van der Waals surface area contributed by atoms with E-state index in [-0.39, 0.29) is 5.91 Å². The van der Waals surface area contributed by atoms with Crippen LogP contribution in [-0.4, -0.2) is 35.7 Å². The van der Waals surface area contributed by atoms with E-state index in [1.807, 2.05) is 32.9 Å². The number of carboxylic acids is 1. The second-order valence-corrected chi connectivity index (χ2v) is 5.40. The molecular weight excluding hydrogens is 246 g/mol. The fraction of sp³-hybridized carbons (Fsp3) is 0.714. The van der Waals surface area contributed by atoms with Crippen molar-refractivity contribution in [2.24, 2.45) is 11.8 Å². The largest absolute Gasteiger partial charge is 0.481 e. The molecule has 1 amide bonds. The normalized spacial score (nSPS) is 23.1. The standard InChI is InChI=1S/C14H23NO4/c1-4-19-14(2,3)9-15-12(16)10-7-5-6-8-11(10)13(17)18/h5-6,10-11H,4,7-9H2,1-3H3,(H,15,16)(H,17,18). The first-order valence-electron chi connectivity index (χ1n) is 6.67. The molecule has 0 aromatic rings. The molecule has 2 unspecified atom stereocenters. The summed E-state index contributed by atoms with van der Waals surface area (Å²) < 4.78 is 5.50. The number of carboxylic acid groups (broad SMARTS) is 1. The lowest BCUT2D eigenvalue weighted by Gasteiger charge is -2.28. The molecule has 0 aliphatic heterocycles. The Kier molecular flexibility index (Phi) is 5.54. The van der Waals surface area contributed by atoms with E-state index in [1.165, 1.54) is 0 Å². The lowest BCUT2D eigenvalue weighted by molar-refractivity contribution is -0.147. The number of hydrogen-bond acceptors (Lipinski definition) is 3. The predicted molar refractivity (Wildman–Crippen MR) is 71.7 cm³/mol. The number of ether oxygens (including phenoxy) is 1. The summed E-state index contributed by atoms with van der Waals surface area (Å²) in [5.41, 5.74) is -0.437. The minimum atomic E-state index is -0.909. The topological polar surface area (TPSA) is 75.6 Å².